The van der Waals surface area contributed by atoms with E-state index in [1.165, 1.54) is 25.7 Å². The van der Waals surface area contributed by atoms with Crippen molar-refractivity contribution in [3.63, 3.8) is 0 Å². The van der Waals surface area contributed by atoms with Crippen LogP contribution in [0, 0.1) is 0 Å². The van der Waals surface area contributed by atoms with Crippen LogP contribution < -0.4 is 0 Å². The van der Waals surface area contributed by atoms with Gasteiger partial charge in [-0.1, -0.05) is 25.3 Å². The van der Waals surface area contributed by atoms with Gasteiger partial charge in [0.05, 0.1) is 11.5 Å². The standard InChI is InChI=1S/C6H10O.C6H10/c1-5(2)7-6(3)4;1-2-4-6-5-3-1/h1,3H2,2,4H3;1-2H,3-6H2. The van der Waals surface area contributed by atoms with Crippen LogP contribution in [-0.2, 0) is 4.74 Å². The molecule has 0 radical (unpaired) electrons. The van der Waals surface area contributed by atoms with Crippen molar-refractivity contribution in [2.45, 2.75) is 39.5 Å². The Labute approximate surface area is 81.8 Å². The van der Waals surface area contributed by atoms with E-state index in [2.05, 4.69) is 25.3 Å². The Morgan fingerprint density at radius 2 is 1.38 bits per heavy atom. The van der Waals surface area contributed by atoms with Crippen LogP contribution in [0.4, 0.5) is 0 Å². The fraction of sp³-hybridized carbons (Fsp3) is 0.500. The molecule has 0 amide bonds. The van der Waals surface area contributed by atoms with E-state index < -0.39 is 0 Å². The van der Waals surface area contributed by atoms with Gasteiger partial charge < -0.3 is 4.74 Å². The van der Waals surface area contributed by atoms with Gasteiger partial charge in [-0.2, -0.15) is 0 Å². The van der Waals surface area contributed by atoms with Crippen molar-refractivity contribution in [3.8, 4) is 0 Å². The predicted molar refractivity (Wildman–Crippen MR) is 58.3 cm³/mol. The molecule has 1 nitrogen and oxygen atoms in total. The van der Waals surface area contributed by atoms with Gasteiger partial charge in [0.2, 0.25) is 0 Å². The summed E-state index contributed by atoms with van der Waals surface area (Å²) in [5, 5.41) is 0. The maximum absolute atomic E-state index is 4.86. The molecule has 0 spiro atoms. The fourth-order valence-corrected chi connectivity index (χ4v) is 1.06. The van der Waals surface area contributed by atoms with Crippen molar-refractivity contribution in [2.24, 2.45) is 0 Å². The largest absolute Gasteiger partial charge is 0.468 e. The van der Waals surface area contributed by atoms with Crippen LogP contribution in [0.3, 0.4) is 0 Å². The summed E-state index contributed by atoms with van der Waals surface area (Å²) in [6.45, 7) is 10.6. The van der Waals surface area contributed by atoms with Gasteiger partial charge >= 0.3 is 0 Å². The summed E-state index contributed by atoms with van der Waals surface area (Å²) in [7, 11) is 0. The summed E-state index contributed by atoms with van der Waals surface area (Å²) in [4.78, 5) is 0. The van der Waals surface area contributed by atoms with Crippen LogP contribution in [0.25, 0.3) is 0 Å². The Hall–Kier alpha value is -0.980. The van der Waals surface area contributed by atoms with Gasteiger partial charge in [0, 0.05) is 0 Å². The Bertz CT molecular complexity index is 169. The molecule has 1 heteroatoms. The van der Waals surface area contributed by atoms with Crippen molar-refractivity contribution < 1.29 is 4.74 Å². The van der Waals surface area contributed by atoms with E-state index in [-0.39, 0.29) is 0 Å². The van der Waals surface area contributed by atoms with Crippen molar-refractivity contribution in [1.82, 2.24) is 0 Å². The van der Waals surface area contributed by atoms with E-state index >= 15 is 0 Å². The molecule has 1 aliphatic carbocycles. The maximum atomic E-state index is 4.86. The zero-order chi connectivity index (χ0) is 10.1. The molecule has 0 aromatic heterocycles. The van der Waals surface area contributed by atoms with Gasteiger partial charge in [0.25, 0.3) is 0 Å². The molecule has 0 fully saturated rings. The molecule has 0 aromatic rings. The molecular weight excluding hydrogens is 160 g/mol. The van der Waals surface area contributed by atoms with Crippen LogP contribution in [0.5, 0.6) is 0 Å². The second-order valence-electron chi connectivity index (χ2n) is 3.26. The fourth-order valence-electron chi connectivity index (χ4n) is 1.06. The lowest BCUT2D eigenvalue weighted by atomic mass is 10.1. The van der Waals surface area contributed by atoms with Crippen molar-refractivity contribution in [1.29, 1.82) is 0 Å². The SMILES string of the molecule is C1=CCCCC1.C=C(C)OC(=C)C. The van der Waals surface area contributed by atoms with Gasteiger partial charge in [-0.05, 0) is 39.5 Å². The number of rotatable bonds is 2. The minimum absolute atomic E-state index is 0.688. The Morgan fingerprint density at radius 3 is 1.46 bits per heavy atom. The van der Waals surface area contributed by atoms with Crippen LogP contribution in [0.1, 0.15) is 39.5 Å². The topological polar surface area (TPSA) is 9.23 Å². The highest BCUT2D eigenvalue weighted by Gasteiger charge is 1.87. The summed E-state index contributed by atoms with van der Waals surface area (Å²) < 4.78 is 4.86. The molecule has 0 unspecified atom stereocenters. The first-order chi connectivity index (χ1) is 6.13. The minimum atomic E-state index is 0.688. The maximum Gasteiger partial charge on any atom is 0.0933 e. The summed E-state index contributed by atoms with van der Waals surface area (Å²) in [5.74, 6) is 1.38. The third-order valence-corrected chi connectivity index (χ3v) is 1.51. The zero-order valence-electron chi connectivity index (χ0n) is 8.81. The number of allylic oxidation sites excluding steroid dienone is 4. The lowest BCUT2D eigenvalue weighted by Gasteiger charge is -1.99. The normalized spacial score (nSPS) is 14.0. The van der Waals surface area contributed by atoms with E-state index in [0.717, 1.165) is 0 Å². The quantitative estimate of drug-likeness (QED) is 0.457. The highest BCUT2D eigenvalue weighted by Crippen LogP contribution is 2.07. The molecule has 13 heavy (non-hydrogen) atoms. The summed E-state index contributed by atoms with van der Waals surface area (Å²) in [5.41, 5.74) is 0. The molecule has 1 rings (SSSR count). The molecule has 0 saturated heterocycles. The first kappa shape index (κ1) is 12.0. The lowest BCUT2D eigenvalue weighted by Crippen LogP contribution is -1.78. The van der Waals surface area contributed by atoms with E-state index in [4.69, 9.17) is 4.74 Å². The van der Waals surface area contributed by atoms with Crippen molar-refractivity contribution in [2.75, 3.05) is 0 Å². The smallest absolute Gasteiger partial charge is 0.0933 e. The zero-order valence-corrected chi connectivity index (χ0v) is 8.81. The highest BCUT2D eigenvalue weighted by molar-refractivity contribution is 4.85. The van der Waals surface area contributed by atoms with Crippen LogP contribution in [0.15, 0.2) is 36.8 Å². The molecular formula is C12H20O. The highest BCUT2D eigenvalue weighted by atomic mass is 16.5. The van der Waals surface area contributed by atoms with Crippen molar-refractivity contribution >= 4 is 0 Å². The number of hydrogen-bond donors (Lipinski definition) is 0. The first-order valence-electron chi connectivity index (χ1n) is 4.77. The third kappa shape index (κ3) is 11.0. The van der Waals surface area contributed by atoms with Gasteiger partial charge in [-0.25, -0.2) is 0 Å². The van der Waals surface area contributed by atoms with E-state index in [9.17, 15) is 0 Å². The van der Waals surface area contributed by atoms with Crippen LogP contribution in [0.2, 0.25) is 0 Å². The van der Waals surface area contributed by atoms with E-state index in [1.54, 1.807) is 13.8 Å². The molecule has 0 bridgehead atoms. The van der Waals surface area contributed by atoms with Gasteiger partial charge in [0.1, 0.15) is 0 Å². The second-order valence-corrected chi connectivity index (χ2v) is 3.26. The van der Waals surface area contributed by atoms with Crippen LogP contribution >= 0.6 is 0 Å². The summed E-state index contributed by atoms with van der Waals surface area (Å²) in [6, 6.07) is 0. The second kappa shape index (κ2) is 7.66. The molecule has 0 heterocycles. The number of ether oxygens (including phenoxy) is 1. The Morgan fingerprint density at radius 1 is 1.00 bits per heavy atom. The summed E-state index contributed by atoms with van der Waals surface area (Å²) in [6.07, 6.45) is 10.0. The average molecular weight is 180 g/mol. The average Bonchev–Trinajstić information content (AvgIpc) is 2.06. The van der Waals surface area contributed by atoms with Crippen LogP contribution in [-0.4, -0.2) is 0 Å². The monoisotopic (exact) mass is 180 g/mol. The Balaban J connectivity index is 0.000000223. The first-order valence-corrected chi connectivity index (χ1v) is 4.77. The third-order valence-electron chi connectivity index (χ3n) is 1.51. The molecule has 0 aromatic carbocycles. The van der Waals surface area contributed by atoms with Gasteiger partial charge in [0.15, 0.2) is 0 Å². The lowest BCUT2D eigenvalue weighted by molar-refractivity contribution is 0.313. The van der Waals surface area contributed by atoms with Gasteiger partial charge in [-0.3, -0.25) is 0 Å². The summed E-state index contributed by atoms with van der Waals surface area (Å²) >= 11 is 0. The molecule has 74 valence electrons. The number of hydrogen-bond acceptors (Lipinski definition) is 1. The molecule has 1 aliphatic rings. The Kier molecular flexibility index (Phi) is 7.08. The van der Waals surface area contributed by atoms with Gasteiger partial charge in [-0.15, -0.1) is 0 Å². The molecule has 0 aliphatic heterocycles. The molecule has 0 atom stereocenters. The minimum Gasteiger partial charge on any atom is -0.468 e. The van der Waals surface area contributed by atoms with Crippen molar-refractivity contribution in [3.05, 3.63) is 36.8 Å². The molecule has 0 N–H and O–H groups in total. The van der Waals surface area contributed by atoms with E-state index in [0.29, 0.717) is 11.5 Å². The molecule has 0 saturated carbocycles. The predicted octanol–water partition coefficient (Wildman–Crippen LogP) is 4.19. The van der Waals surface area contributed by atoms with E-state index in [1.807, 2.05) is 0 Å².